The Hall–Kier alpha value is -1.17. The Morgan fingerprint density at radius 2 is 2.16 bits per heavy atom. The lowest BCUT2D eigenvalue weighted by Crippen LogP contribution is -2.54. The van der Waals surface area contributed by atoms with E-state index in [2.05, 4.69) is 9.88 Å². The molecule has 19 heavy (non-hydrogen) atoms. The van der Waals surface area contributed by atoms with Crippen LogP contribution in [0.5, 0.6) is 0 Å². The summed E-state index contributed by atoms with van der Waals surface area (Å²) in [5, 5.41) is 18.6. The Bertz CT molecular complexity index is 448. The van der Waals surface area contributed by atoms with Gasteiger partial charge >= 0.3 is 0 Å². The first-order valence-corrected chi connectivity index (χ1v) is 6.55. The predicted molar refractivity (Wildman–Crippen MR) is 73.1 cm³/mol. The van der Waals surface area contributed by atoms with Crippen LogP contribution in [0.2, 0.25) is 0 Å². The van der Waals surface area contributed by atoms with Gasteiger partial charge in [0.05, 0.1) is 24.9 Å². The zero-order valence-electron chi connectivity index (χ0n) is 11.8. The third kappa shape index (κ3) is 3.43. The maximum Gasteiger partial charge on any atom is 0.129 e. The number of ether oxygens (including phenoxy) is 1. The number of anilines is 1. The number of aliphatic hydroxyl groups excluding tert-OH is 2. The molecule has 0 radical (unpaired) electrons. The third-order valence-corrected chi connectivity index (χ3v) is 3.19. The highest BCUT2D eigenvalue weighted by atomic mass is 16.5. The fourth-order valence-electron chi connectivity index (χ4n) is 2.54. The number of morpholine rings is 1. The summed E-state index contributed by atoms with van der Waals surface area (Å²) in [7, 11) is 0. The quantitative estimate of drug-likeness (QED) is 0.849. The van der Waals surface area contributed by atoms with Crippen molar-refractivity contribution in [3.05, 3.63) is 23.4 Å². The zero-order chi connectivity index (χ0) is 14.0. The minimum Gasteiger partial charge on any atom is -0.394 e. The molecule has 2 N–H and O–H groups in total. The molecule has 1 atom stereocenters. The molecule has 0 saturated carbocycles. The van der Waals surface area contributed by atoms with Gasteiger partial charge in [-0.15, -0.1) is 0 Å². The highest BCUT2D eigenvalue weighted by Crippen LogP contribution is 2.25. The van der Waals surface area contributed by atoms with Crippen LogP contribution in [0.15, 0.2) is 12.1 Å². The van der Waals surface area contributed by atoms with E-state index in [4.69, 9.17) is 4.74 Å². The summed E-state index contributed by atoms with van der Waals surface area (Å²) in [6.45, 7) is 7.26. The topological polar surface area (TPSA) is 65.8 Å². The Morgan fingerprint density at radius 1 is 1.42 bits per heavy atom. The standard InChI is InChI=1S/C14H22N2O3/c1-10-4-11(7-17)5-13(15-10)16-6-12(8-18)19-14(2,3)9-16/h4-5,12,17-18H,6-9H2,1-3H3. The number of hydrogen-bond donors (Lipinski definition) is 2. The van der Waals surface area contributed by atoms with Crippen molar-refractivity contribution in [1.82, 2.24) is 4.98 Å². The van der Waals surface area contributed by atoms with Crippen LogP contribution < -0.4 is 4.90 Å². The summed E-state index contributed by atoms with van der Waals surface area (Å²) in [5.74, 6) is 0.832. The largest absolute Gasteiger partial charge is 0.394 e. The molecule has 1 saturated heterocycles. The lowest BCUT2D eigenvalue weighted by atomic mass is 10.0. The Kier molecular flexibility index (Phi) is 4.08. The van der Waals surface area contributed by atoms with Gasteiger partial charge in [0.2, 0.25) is 0 Å². The van der Waals surface area contributed by atoms with Crippen molar-refractivity contribution < 1.29 is 14.9 Å². The minimum absolute atomic E-state index is 0.00139. The van der Waals surface area contributed by atoms with E-state index in [-0.39, 0.29) is 24.9 Å². The van der Waals surface area contributed by atoms with Crippen LogP contribution in [0.4, 0.5) is 5.82 Å². The van der Waals surface area contributed by atoms with Crippen molar-refractivity contribution in [3.63, 3.8) is 0 Å². The van der Waals surface area contributed by atoms with Gasteiger partial charge in [0.1, 0.15) is 5.82 Å². The first-order valence-electron chi connectivity index (χ1n) is 6.55. The molecule has 5 nitrogen and oxygen atoms in total. The molecule has 1 aromatic rings. The molecule has 0 amide bonds. The fourth-order valence-corrected chi connectivity index (χ4v) is 2.54. The average molecular weight is 266 g/mol. The van der Waals surface area contributed by atoms with Crippen molar-refractivity contribution >= 4 is 5.82 Å². The second-order valence-corrected chi connectivity index (χ2v) is 5.70. The molecule has 0 aliphatic carbocycles. The Morgan fingerprint density at radius 3 is 2.79 bits per heavy atom. The Balaban J connectivity index is 2.27. The highest BCUT2D eigenvalue weighted by Gasteiger charge is 2.33. The van der Waals surface area contributed by atoms with Crippen molar-refractivity contribution in [2.45, 2.75) is 39.1 Å². The number of aliphatic hydroxyl groups is 2. The number of hydrogen-bond acceptors (Lipinski definition) is 5. The van der Waals surface area contributed by atoms with E-state index in [0.717, 1.165) is 17.1 Å². The molecule has 0 spiro atoms. The number of aryl methyl sites for hydroxylation is 1. The number of pyridine rings is 1. The molecule has 1 aliphatic heterocycles. The number of nitrogens with zero attached hydrogens (tertiary/aromatic N) is 2. The molecular weight excluding hydrogens is 244 g/mol. The van der Waals surface area contributed by atoms with Gasteiger partial charge in [-0.05, 0) is 38.5 Å². The molecule has 1 aliphatic rings. The predicted octanol–water partition coefficient (Wildman–Crippen LogP) is 0.858. The molecule has 0 bridgehead atoms. The average Bonchev–Trinajstić information content (AvgIpc) is 2.36. The number of aromatic nitrogens is 1. The lowest BCUT2D eigenvalue weighted by molar-refractivity contribution is -0.101. The summed E-state index contributed by atoms with van der Waals surface area (Å²) in [6, 6.07) is 3.77. The second-order valence-electron chi connectivity index (χ2n) is 5.70. The van der Waals surface area contributed by atoms with Gasteiger partial charge in [-0.2, -0.15) is 0 Å². The van der Waals surface area contributed by atoms with E-state index in [1.807, 2.05) is 32.9 Å². The maximum atomic E-state index is 9.33. The van der Waals surface area contributed by atoms with Crippen molar-refractivity contribution in [2.24, 2.45) is 0 Å². The second kappa shape index (κ2) is 5.45. The first kappa shape index (κ1) is 14.2. The van der Waals surface area contributed by atoms with E-state index >= 15 is 0 Å². The van der Waals surface area contributed by atoms with Crippen LogP contribution in [0.3, 0.4) is 0 Å². The molecular formula is C14H22N2O3. The van der Waals surface area contributed by atoms with Crippen molar-refractivity contribution in [2.75, 3.05) is 24.6 Å². The van der Waals surface area contributed by atoms with E-state index in [0.29, 0.717) is 13.1 Å². The van der Waals surface area contributed by atoms with Crippen LogP contribution in [0.1, 0.15) is 25.1 Å². The van der Waals surface area contributed by atoms with Crippen LogP contribution in [0, 0.1) is 6.92 Å². The SMILES string of the molecule is Cc1cc(CO)cc(N2CC(CO)OC(C)(C)C2)n1. The maximum absolute atomic E-state index is 9.33. The first-order chi connectivity index (χ1) is 8.93. The lowest BCUT2D eigenvalue weighted by Gasteiger charge is -2.43. The molecule has 1 fully saturated rings. The van der Waals surface area contributed by atoms with E-state index in [1.54, 1.807) is 0 Å². The highest BCUT2D eigenvalue weighted by molar-refractivity contribution is 5.43. The van der Waals surface area contributed by atoms with E-state index in [1.165, 1.54) is 0 Å². The third-order valence-electron chi connectivity index (χ3n) is 3.19. The van der Waals surface area contributed by atoms with Gasteiger partial charge < -0.3 is 19.8 Å². The summed E-state index contributed by atoms with van der Waals surface area (Å²) >= 11 is 0. The van der Waals surface area contributed by atoms with Crippen LogP contribution in [-0.4, -0.2) is 46.6 Å². The summed E-state index contributed by atoms with van der Waals surface area (Å²) in [6.07, 6.45) is -0.205. The van der Waals surface area contributed by atoms with Gasteiger partial charge in [-0.1, -0.05) is 0 Å². The van der Waals surface area contributed by atoms with Crippen LogP contribution in [0.25, 0.3) is 0 Å². The number of rotatable bonds is 3. The Labute approximate surface area is 113 Å². The van der Waals surface area contributed by atoms with Gasteiger partial charge in [0.15, 0.2) is 0 Å². The smallest absolute Gasteiger partial charge is 0.129 e. The monoisotopic (exact) mass is 266 g/mol. The molecule has 5 heteroatoms. The van der Waals surface area contributed by atoms with Gasteiger partial charge in [-0.3, -0.25) is 0 Å². The summed E-state index contributed by atoms with van der Waals surface area (Å²) < 4.78 is 5.79. The normalized spacial score (nSPS) is 22.6. The molecule has 1 aromatic heterocycles. The molecule has 1 unspecified atom stereocenters. The van der Waals surface area contributed by atoms with Crippen molar-refractivity contribution in [1.29, 1.82) is 0 Å². The fraction of sp³-hybridized carbons (Fsp3) is 0.643. The summed E-state index contributed by atoms with van der Waals surface area (Å²) in [4.78, 5) is 6.63. The van der Waals surface area contributed by atoms with Gasteiger partial charge in [-0.25, -0.2) is 4.98 Å². The van der Waals surface area contributed by atoms with E-state index < -0.39 is 0 Å². The minimum atomic E-state index is -0.323. The van der Waals surface area contributed by atoms with Crippen LogP contribution in [-0.2, 0) is 11.3 Å². The van der Waals surface area contributed by atoms with Crippen molar-refractivity contribution in [3.8, 4) is 0 Å². The molecule has 0 aromatic carbocycles. The van der Waals surface area contributed by atoms with E-state index in [9.17, 15) is 10.2 Å². The molecule has 2 rings (SSSR count). The summed E-state index contributed by atoms with van der Waals surface area (Å²) in [5.41, 5.74) is 1.41. The molecule has 2 heterocycles. The van der Waals surface area contributed by atoms with Crippen LogP contribution >= 0.6 is 0 Å². The van der Waals surface area contributed by atoms with Gasteiger partial charge in [0.25, 0.3) is 0 Å². The molecule has 106 valence electrons. The zero-order valence-corrected chi connectivity index (χ0v) is 11.8. The van der Waals surface area contributed by atoms with Gasteiger partial charge in [0, 0.05) is 18.8 Å².